The molecule has 1 heterocycles. The van der Waals surface area contributed by atoms with Gasteiger partial charge < -0.3 is 20.1 Å². The van der Waals surface area contributed by atoms with Crippen LogP contribution >= 0.6 is 12.4 Å². The molecule has 1 saturated carbocycles. The molecule has 2 fully saturated rings. The van der Waals surface area contributed by atoms with Gasteiger partial charge >= 0.3 is 0 Å². The molecule has 2 N–H and O–H groups in total. The van der Waals surface area contributed by atoms with Crippen molar-refractivity contribution in [2.24, 2.45) is 17.6 Å². The number of ether oxygens (including phenoxy) is 2. The van der Waals surface area contributed by atoms with Gasteiger partial charge in [-0.3, -0.25) is 4.79 Å². The summed E-state index contributed by atoms with van der Waals surface area (Å²) in [6, 6.07) is 2.75. The lowest BCUT2D eigenvalue weighted by Crippen LogP contribution is -2.33. The molecular weight excluding hydrogens is 323 g/mol. The number of methoxy groups -OCH3 is 2. The smallest absolute Gasteiger partial charge is 0.256 e. The lowest BCUT2D eigenvalue weighted by atomic mass is 9.98. The van der Waals surface area contributed by atoms with Crippen molar-refractivity contribution in [3.05, 3.63) is 23.5 Å². The maximum absolute atomic E-state index is 14.2. The highest BCUT2D eigenvalue weighted by atomic mass is 35.5. The SMILES string of the molecule is COc1cc(F)c(C(=O)N2CC3CCC(N)C3C2)cc1OC.Cl. The van der Waals surface area contributed by atoms with Crippen molar-refractivity contribution in [3.63, 3.8) is 0 Å². The summed E-state index contributed by atoms with van der Waals surface area (Å²) in [4.78, 5) is 14.3. The molecule has 1 aliphatic heterocycles. The topological polar surface area (TPSA) is 64.8 Å². The van der Waals surface area contributed by atoms with Crippen LogP contribution in [0, 0.1) is 17.7 Å². The van der Waals surface area contributed by atoms with E-state index in [0.717, 1.165) is 12.8 Å². The number of nitrogens with two attached hydrogens (primary N) is 1. The first kappa shape index (κ1) is 17.8. The molecule has 23 heavy (non-hydrogen) atoms. The number of fused-ring (bicyclic) bond motifs is 1. The van der Waals surface area contributed by atoms with Crippen LogP contribution in [0.25, 0.3) is 0 Å². The molecule has 0 bridgehead atoms. The fourth-order valence-electron chi connectivity index (χ4n) is 3.66. The first-order chi connectivity index (χ1) is 10.5. The number of hydrogen-bond donors (Lipinski definition) is 1. The Hall–Kier alpha value is -1.53. The van der Waals surface area contributed by atoms with E-state index in [1.54, 1.807) is 4.90 Å². The number of rotatable bonds is 3. The molecule has 3 unspecified atom stereocenters. The molecule has 128 valence electrons. The van der Waals surface area contributed by atoms with Gasteiger partial charge in [0.1, 0.15) is 5.82 Å². The third-order valence-electron chi connectivity index (χ3n) is 4.90. The summed E-state index contributed by atoms with van der Waals surface area (Å²) in [5.74, 6) is 0.513. The predicted octanol–water partition coefficient (Wildman–Crippen LogP) is 2.07. The number of carbonyl (C=O) groups excluding carboxylic acids is 1. The van der Waals surface area contributed by atoms with Crippen LogP contribution in [0.3, 0.4) is 0 Å². The summed E-state index contributed by atoms with van der Waals surface area (Å²) in [5.41, 5.74) is 6.11. The largest absolute Gasteiger partial charge is 0.493 e. The van der Waals surface area contributed by atoms with Gasteiger partial charge in [-0.25, -0.2) is 4.39 Å². The molecule has 0 radical (unpaired) electrons. The zero-order chi connectivity index (χ0) is 15.9. The van der Waals surface area contributed by atoms with Crippen LogP contribution in [-0.4, -0.2) is 44.2 Å². The first-order valence-corrected chi connectivity index (χ1v) is 7.51. The molecule has 1 aromatic rings. The van der Waals surface area contributed by atoms with Gasteiger partial charge in [0, 0.05) is 25.2 Å². The predicted molar refractivity (Wildman–Crippen MR) is 86.8 cm³/mol. The molecule has 7 heteroatoms. The standard InChI is InChI=1S/C16H21FN2O3.ClH/c1-21-14-5-10(12(17)6-15(14)22-2)16(20)19-7-9-3-4-13(18)11(9)8-19;/h5-6,9,11,13H,3-4,7-8,18H2,1-2H3;1H. The van der Waals surface area contributed by atoms with Crippen LogP contribution in [0.2, 0.25) is 0 Å². The number of nitrogens with zero attached hydrogens (tertiary/aromatic N) is 1. The van der Waals surface area contributed by atoms with Gasteiger partial charge in [-0.1, -0.05) is 0 Å². The number of hydrogen-bond acceptors (Lipinski definition) is 4. The second-order valence-corrected chi connectivity index (χ2v) is 6.06. The van der Waals surface area contributed by atoms with E-state index in [0.29, 0.717) is 30.7 Å². The highest BCUT2D eigenvalue weighted by Gasteiger charge is 2.43. The quantitative estimate of drug-likeness (QED) is 0.911. The summed E-state index contributed by atoms with van der Waals surface area (Å²) in [5, 5.41) is 0. The monoisotopic (exact) mass is 344 g/mol. The average molecular weight is 345 g/mol. The van der Waals surface area contributed by atoms with Crippen LogP contribution in [0.4, 0.5) is 4.39 Å². The second kappa shape index (κ2) is 6.93. The van der Waals surface area contributed by atoms with Gasteiger partial charge in [-0.05, 0) is 30.7 Å². The first-order valence-electron chi connectivity index (χ1n) is 7.51. The van der Waals surface area contributed by atoms with Crippen LogP contribution in [0.1, 0.15) is 23.2 Å². The molecule has 3 atom stereocenters. The van der Waals surface area contributed by atoms with E-state index >= 15 is 0 Å². The molecule has 0 spiro atoms. The highest BCUT2D eigenvalue weighted by molar-refractivity contribution is 5.95. The summed E-state index contributed by atoms with van der Waals surface area (Å²) < 4.78 is 24.4. The highest BCUT2D eigenvalue weighted by Crippen LogP contribution is 2.38. The van der Waals surface area contributed by atoms with Gasteiger partial charge in [0.25, 0.3) is 5.91 Å². The number of amides is 1. The normalized spacial score (nSPS) is 25.7. The molecule has 3 rings (SSSR count). The van der Waals surface area contributed by atoms with Crippen molar-refractivity contribution >= 4 is 18.3 Å². The Morgan fingerprint density at radius 2 is 1.87 bits per heavy atom. The third kappa shape index (κ3) is 3.10. The fourth-order valence-corrected chi connectivity index (χ4v) is 3.66. The Balaban J connectivity index is 0.00000192. The third-order valence-corrected chi connectivity index (χ3v) is 4.90. The molecule has 2 aliphatic rings. The lowest BCUT2D eigenvalue weighted by molar-refractivity contribution is 0.0774. The van der Waals surface area contributed by atoms with Crippen LogP contribution in [-0.2, 0) is 0 Å². The Kier molecular flexibility index (Phi) is 5.37. The molecule has 1 aromatic carbocycles. The molecule has 1 aliphatic carbocycles. The minimum absolute atomic E-state index is 0. The average Bonchev–Trinajstić information content (AvgIpc) is 3.08. The summed E-state index contributed by atoms with van der Waals surface area (Å²) >= 11 is 0. The van der Waals surface area contributed by atoms with E-state index in [1.165, 1.54) is 26.4 Å². The zero-order valence-electron chi connectivity index (χ0n) is 13.3. The Bertz CT molecular complexity index is 599. The maximum atomic E-state index is 14.2. The Morgan fingerprint density at radius 1 is 1.22 bits per heavy atom. The number of carbonyl (C=O) groups is 1. The van der Waals surface area contributed by atoms with Gasteiger partial charge in [-0.15, -0.1) is 12.4 Å². The van der Waals surface area contributed by atoms with Crippen molar-refractivity contribution in [1.82, 2.24) is 4.90 Å². The minimum atomic E-state index is -0.594. The summed E-state index contributed by atoms with van der Waals surface area (Å²) in [6.07, 6.45) is 2.06. The van der Waals surface area contributed by atoms with E-state index in [-0.39, 0.29) is 35.7 Å². The second-order valence-electron chi connectivity index (χ2n) is 6.06. The summed E-state index contributed by atoms with van der Waals surface area (Å²) in [6.45, 7) is 1.27. The molecule has 1 amide bonds. The van der Waals surface area contributed by atoms with Crippen molar-refractivity contribution < 1.29 is 18.7 Å². The number of halogens is 2. The van der Waals surface area contributed by atoms with Gasteiger partial charge in [0.2, 0.25) is 0 Å². The van der Waals surface area contributed by atoms with Gasteiger partial charge in [0.05, 0.1) is 19.8 Å². The van der Waals surface area contributed by atoms with E-state index in [2.05, 4.69) is 0 Å². The lowest BCUT2D eigenvalue weighted by Gasteiger charge is -2.20. The van der Waals surface area contributed by atoms with Crippen LogP contribution < -0.4 is 15.2 Å². The number of benzene rings is 1. The maximum Gasteiger partial charge on any atom is 0.256 e. The fraction of sp³-hybridized carbons (Fsp3) is 0.562. The Labute approximate surface area is 141 Å². The van der Waals surface area contributed by atoms with E-state index < -0.39 is 5.82 Å². The van der Waals surface area contributed by atoms with E-state index in [1.807, 2.05) is 0 Å². The molecular formula is C16H22ClFN2O3. The number of likely N-dealkylation sites (tertiary alicyclic amines) is 1. The van der Waals surface area contributed by atoms with Gasteiger partial charge in [-0.2, -0.15) is 0 Å². The molecule has 0 aromatic heterocycles. The molecule has 1 saturated heterocycles. The van der Waals surface area contributed by atoms with Crippen molar-refractivity contribution in [2.75, 3.05) is 27.3 Å². The van der Waals surface area contributed by atoms with Gasteiger partial charge in [0.15, 0.2) is 11.5 Å². The Morgan fingerprint density at radius 3 is 2.48 bits per heavy atom. The van der Waals surface area contributed by atoms with Crippen LogP contribution in [0.5, 0.6) is 11.5 Å². The van der Waals surface area contributed by atoms with E-state index in [9.17, 15) is 9.18 Å². The minimum Gasteiger partial charge on any atom is -0.493 e. The molecule has 5 nitrogen and oxygen atoms in total. The van der Waals surface area contributed by atoms with Crippen molar-refractivity contribution in [1.29, 1.82) is 0 Å². The van der Waals surface area contributed by atoms with Crippen LogP contribution in [0.15, 0.2) is 12.1 Å². The zero-order valence-corrected chi connectivity index (χ0v) is 14.1. The van der Waals surface area contributed by atoms with Crippen molar-refractivity contribution in [2.45, 2.75) is 18.9 Å². The summed E-state index contributed by atoms with van der Waals surface area (Å²) in [7, 11) is 2.89. The van der Waals surface area contributed by atoms with Crippen molar-refractivity contribution in [3.8, 4) is 11.5 Å². The van der Waals surface area contributed by atoms with E-state index in [4.69, 9.17) is 15.2 Å².